The van der Waals surface area contributed by atoms with Gasteiger partial charge in [-0.1, -0.05) is 0 Å². The fourth-order valence-electron chi connectivity index (χ4n) is 1.94. The molecule has 0 bridgehead atoms. The first-order chi connectivity index (χ1) is 8.39. The molecule has 4 nitrogen and oxygen atoms in total. The normalized spacial score (nSPS) is 20.9. The van der Waals surface area contributed by atoms with E-state index in [1.807, 2.05) is 6.92 Å². The zero-order chi connectivity index (χ0) is 13.3. The van der Waals surface area contributed by atoms with Gasteiger partial charge in [-0.3, -0.25) is 0 Å². The molecule has 0 radical (unpaired) electrons. The van der Waals surface area contributed by atoms with Crippen molar-refractivity contribution in [2.75, 3.05) is 19.6 Å². The summed E-state index contributed by atoms with van der Waals surface area (Å²) in [4.78, 5) is -0.339. The van der Waals surface area contributed by atoms with Gasteiger partial charge in [0.2, 0.25) is 10.0 Å². The van der Waals surface area contributed by atoms with Crippen molar-refractivity contribution >= 4 is 22.4 Å². The first-order valence-electron chi connectivity index (χ1n) is 5.59. The van der Waals surface area contributed by atoms with E-state index in [0.717, 1.165) is 12.1 Å². The van der Waals surface area contributed by atoms with Crippen LogP contribution in [0.5, 0.6) is 0 Å². The maximum absolute atomic E-state index is 13.1. The van der Waals surface area contributed by atoms with Gasteiger partial charge in [-0.2, -0.15) is 4.31 Å². The number of halogens is 3. The second-order valence-electron chi connectivity index (χ2n) is 4.32. The number of sulfonamides is 1. The number of rotatable bonds is 2. The monoisotopic (exact) mass is 312 g/mol. The molecule has 0 aromatic heterocycles. The third-order valence-corrected chi connectivity index (χ3v) is 4.65. The molecule has 0 saturated carbocycles. The summed E-state index contributed by atoms with van der Waals surface area (Å²) in [5.74, 6) is -1.78. The highest BCUT2D eigenvalue weighted by Gasteiger charge is 2.29. The predicted octanol–water partition coefficient (Wildman–Crippen LogP) is 1.37. The average molecular weight is 313 g/mol. The van der Waals surface area contributed by atoms with Crippen molar-refractivity contribution in [2.45, 2.75) is 17.9 Å². The van der Waals surface area contributed by atoms with Gasteiger partial charge < -0.3 is 5.32 Å². The van der Waals surface area contributed by atoms with Gasteiger partial charge in [0.1, 0.15) is 11.6 Å². The second kappa shape index (κ2) is 6.13. The molecule has 0 unspecified atom stereocenters. The van der Waals surface area contributed by atoms with Gasteiger partial charge in [0.25, 0.3) is 0 Å². The average Bonchev–Trinajstić information content (AvgIpc) is 2.27. The number of hydrogen-bond acceptors (Lipinski definition) is 3. The van der Waals surface area contributed by atoms with Gasteiger partial charge in [-0.05, 0) is 19.1 Å². The maximum atomic E-state index is 13.1. The summed E-state index contributed by atoms with van der Waals surface area (Å²) >= 11 is 0. The zero-order valence-electron chi connectivity index (χ0n) is 10.3. The highest BCUT2D eigenvalue weighted by atomic mass is 35.5. The molecule has 1 heterocycles. The number of hydrogen-bond donors (Lipinski definition) is 1. The van der Waals surface area contributed by atoms with Crippen LogP contribution >= 0.6 is 12.4 Å². The molecule has 0 aliphatic carbocycles. The summed E-state index contributed by atoms with van der Waals surface area (Å²) < 4.78 is 51.8. The third kappa shape index (κ3) is 3.62. The van der Waals surface area contributed by atoms with Crippen molar-refractivity contribution in [1.82, 2.24) is 9.62 Å². The van der Waals surface area contributed by atoms with Gasteiger partial charge in [0.15, 0.2) is 0 Å². The van der Waals surface area contributed by atoms with Crippen LogP contribution in [0, 0.1) is 11.6 Å². The summed E-state index contributed by atoms with van der Waals surface area (Å²) in [6.45, 7) is 2.97. The van der Waals surface area contributed by atoms with E-state index in [2.05, 4.69) is 5.32 Å². The summed E-state index contributed by atoms with van der Waals surface area (Å²) in [5.41, 5.74) is 0. The Morgan fingerprint density at radius 2 is 1.84 bits per heavy atom. The van der Waals surface area contributed by atoms with Crippen LogP contribution in [0.3, 0.4) is 0 Å². The second-order valence-corrected chi connectivity index (χ2v) is 6.26. The highest BCUT2D eigenvalue weighted by molar-refractivity contribution is 7.89. The molecule has 19 heavy (non-hydrogen) atoms. The Hall–Kier alpha value is -0.760. The standard InChI is InChI=1S/C11H14F2N2O2S.ClH/c1-8-7-15(3-2-14-8)18(16,17)11-5-9(12)4-10(13)6-11;/h4-6,8,14H,2-3,7H2,1H3;1H/t8-;/m0./s1. The zero-order valence-corrected chi connectivity index (χ0v) is 11.9. The molecule has 8 heteroatoms. The van der Waals surface area contributed by atoms with Crippen LogP contribution in [0.25, 0.3) is 0 Å². The molecule has 0 amide bonds. The lowest BCUT2D eigenvalue weighted by Crippen LogP contribution is -2.51. The van der Waals surface area contributed by atoms with E-state index in [-0.39, 0.29) is 23.3 Å². The van der Waals surface area contributed by atoms with Crippen molar-refractivity contribution in [3.63, 3.8) is 0 Å². The number of piperazine rings is 1. The lowest BCUT2D eigenvalue weighted by molar-refractivity contribution is 0.310. The van der Waals surface area contributed by atoms with Crippen LogP contribution < -0.4 is 5.32 Å². The van der Waals surface area contributed by atoms with Gasteiger partial charge in [0.05, 0.1) is 4.90 Å². The summed E-state index contributed by atoms with van der Waals surface area (Å²) in [6, 6.07) is 2.35. The Bertz CT molecular complexity index is 533. The summed E-state index contributed by atoms with van der Waals surface area (Å²) in [7, 11) is -3.83. The van der Waals surface area contributed by atoms with E-state index < -0.39 is 21.7 Å². The minimum Gasteiger partial charge on any atom is -0.312 e. The molecule has 1 fully saturated rings. The van der Waals surface area contributed by atoms with Crippen molar-refractivity contribution in [3.8, 4) is 0 Å². The minimum absolute atomic E-state index is 0. The van der Waals surface area contributed by atoms with Gasteiger partial charge in [-0.15, -0.1) is 12.4 Å². The van der Waals surface area contributed by atoms with E-state index in [1.54, 1.807) is 0 Å². The fourth-order valence-corrected chi connectivity index (χ4v) is 3.51. The Kier molecular flexibility index (Phi) is 5.26. The molecule has 1 N–H and O–H groups in total. The Labute approximate surface area is 117 Å². The molecule has 0 spiro atoms. The summed E-state index contributed by atoms with van der Waals surface area (Å²) in [6.07, 6.45) is 0. The lowest BCUT2D eigenvalue weighted by Gasteiger charge is -2.30. The minimum atomic E-state index is -3.83. The van der Waals surface area contributed by atoms with Crippen LogP contribution in [0.15, 0.2) is 23.1 Å². The van der Waals surface area contributed by atoms with E-state index in [0.29, 0.717) is 25.7 Å². The molecule has 1 aromatic carbocycles. The SMILES string of the molecule is C[C@H]1CN(S(=O)(=O)c2cc(F)cc(F)c2)CCN1.Cl. The number of benzene rings is 1. The van der Waals surface area contributed by atoms with Crippen molar-refractivity contribution in [2.24, 2.45) is 0 Å². The smallest absolute Gasteiger partial charge is 0.243 e. The van der Waals surface area contributed by atoms with E-state index in [4.69, 9.17) is 0 Å². The third-order valence-electron chi connectivity index (χ3n) is 2.81. The van der Waals surface area contributed by atoms with Crippen LogP contribution in [-0.4, -0.2) is 38.4 Å². The molecule has 1 saturated heterocycles. The van der Waals surface area contributed by atoms with Crippen LogP contribution in [0.1, 0.15) is 6.92 Å². The van der Waals surface area contributed by atoms with E-state index in [1.165, 1.54) is 4.31 Å². The van der Waals surface area contributed by atoms with Gasteiger partial charge in [0, 0.05) is 31.7 Å². The van der Waals surface area contributed by atoms with Gasteiger partial charge >= 0.3 is 0 Å². The van der Waals surface area contributed by atoms with Crippen molar-refractivity contribution < 1.29 is 17.2 Å². The Morgan fingerprint density at radius 3 is 2.37 bits per heavy atom. The fraction of sp³-hybridized carbons (Fsp3) is 0.455. The first-order valence-corrected chi connectivity index (χ1v) is 7.03. The van der Waals surface area contributed by atoms with Crippen LogP contribution in [-0.2, 0) is 10.0 Å². The van der Waals surface area contributed by atoms with Gasteiger partial charge in [-0.25, -0.2) is 17.2 Å². The quantitative estimate of drug-likeness (QED) is 0.897. The topological polar surface area (TPSA) is 49.4 Å². The molecule has 1 aliphatic heterocycles. The maximum Gasteiger partial charge on any atom is 0.243 e. The molecular weight excluding hydrogens is 298 g/mol. The molecule has 2 rings (SSSR count). The van der Waals surface area contributed by atoms with Crippen molar-refractivity contribution in [3.05, 3.63) is 29.8 Å². The Morgan fingerprint density at radius 1 is 1.26 bits per heavy atom. The number of nitrogens with one attached hydrogen (secondary N) is 1. The van der Waals surface area contributed by atoms with Crippen LogP contribution in [0.2, 0.25) is 0 Å². The molecule has 1 atom stereocenters. The highest BCUT2D eigenvalue weighted by Crippen LogP contribution is 2.19. The lowest BCUT2D eigenvalue weighted by atomic mass is 10.3. The molecular formula is C11H15ClF2N2O2S. The predicted molar refractivity (Wildman–Crippen MR) is 69.8 cm³/mol. The summed E-state index contributed by atoms with van der Waals surface area (Å²) in [5, 5.41) is 3.10. The van der Waals surface area contributed by atoms with Crippen LogP contribution in [0.4, 0.5) is 8.78 Å². The van der Waals surface area contributed by atoms with E-state index >= 15 is 0 Å². The molecule has 1 aromatic rings. The Balaban J connectivity index is 0.00000180. The molecule has 108 valence electrons. The number of nitrogens with zero attached hydrogens (tertiary/aromatic N) is 1. The largest absolute Gasteiger partial charge is 0.312 e. The van der Waals surface area contributed by atoms with Crippen molar-refractivity contribution in [1.29, 1.82) is 0 Å². The molecule has 1 aliphatic rings. The first kappa shape index (κ1) is 16.3. The van der Waals surface area contributed by atoms with E-state index in [9.17, 15) is 17.2 Å².